The summed E-state index contributed by atoms with van der Waals surface area (Å²) in [5.41, 5.74) is 1.04. The monoisotopic (exact) mass is 575 g/mol. The van der Waals surface area contributed by atoms with Crippen molar-refractivity contribution in [1.29, 1.82) is 0 Å². The Morgan fingerprint density at radius 2 is 1.94 bits per heavy atom. The molecule has 0 bridgehead atoms. The SMILES string of the molecule is O=C(N[C@H](Cc1nc2c(F)c(F)ccc2[nH]1)C(=O)O)c1cccc(C2=Ic3ccccc3O2)c1. The summed E-state index contributed by atoms with van der Waals surface area (Å²) in [6.07, 6.45) is -0.238. The van der Waals surface area contributed by atoms with Crippen LogP contribution in [0.15, 0.2) is 60.7 Å². The molecule has 1 aliphatic rings. The number of nitrogens with zero attached hydrogens (tertiary/aromatic N) is 1. The highest BCUT2D eigenvalue weighted by Crippen LogP contribution is 2.34. The van der Waals surface area contributed by atoms with Crippen molar-refractivity contribution in [1.82, 2.24) is 15.3 Å². The Labute approximate surface area is 201 Å². The van der Waals surface area contributed by atoms with Gasteiger partial charge < -0.3 is 20.1 Å². The quantitative estimate of drug-likeness (QED) is 0.302. The number of aromatic amines is 1. The van der Waals surface area contributed by atoms with E-state index in [-0.39, 0.29) is 28.8 Å². The number of carbonyl (C=O) groups excluding carboxylic acids is 1. The number of imidazole rings is 1. The Morgan fingerprint density at radius 1 is 1.12 bits per heavy atom. The second kappa shape index (κ2) is 8.93. The third-order valence-corrected chi connectivity index (χ3v) is 7.98. The van der Waals surface area contributed by atoms with Gasteiger partial charge >= 0.3 is 5.97 Å². The fourth-order valence-electron chi connectivity index (χ4n) is 3.51. The lowest BCUT2D eigenvalue weighted by Gasteiger charge is -2.14. The van der Waals surface area contributed by atoms with Gasteiger partial charge in [0.2, 0.25) is 0 Å². The number of rotatable bonds is 6. The van der Waals surface area contributed by atoms with Gasteiger partial charge in [0.15, 0.2) is 15.3 Å². The highest BCUT2D eigenvalue weighted by atomic mass is 127. The number of amides is 1. The van der Waals surface area contributed by atoms with Crippen molar-refractivity contribution in [3.05, 3.63) is 92.8 Å². The number of halogens is 3. The maximum Gasteiger partial charge on any atom is 0.326 e. The standard InChI is InChI=1S/C24H16F2IN3O4/c25-14-8-9-16-21(20(14)26)30-19(28-16)11-17(24(32)33)29-23(31)13-5-3-4-12(10-13)22-27-15-6-1-2-7-18(15)34-22/h1-10,17H,11H2,(H,28,30)(H,29,31)(H,32,33)/t17-/m1/s1. The molecule has 10 heteroatoms. The van der Waals surface area contributed by atoms with Gasteiger partial charge in [-0.15, -0.1) is 0 Å². The number of fused-ring (bicyclic) bond motifs is 2. The second-order valence-electron chi connectivity index (χ2n) is 7.49. The first-order chi connectivity index (χ1) is 16.4. The Hall–Kier alpha value is -3.67. The normalized spacial score (nSPS) is 13.4. The summed E-state index contributed by atoms with van der Waals surface area (Å²) in [4.78, 5) is 31.4. The minimum Gasteiger partial charge on any atom is -0.480 e. The Bertz CT molecular complexity index is 1480. The van der Waals surface area contributed by atoms with Crippen LogP contribution in [-0.2, 0) is 11.2 Å². The number of hydrogen-bond acceptors (Lipinski definition) is 4. The van der Waals surface area contributed by atoms with E-state index in [1.807, 2.05) is 30.3 Å². The smallest absolute Gasteiger partial charge is 0.326 e. The third kappa shape index (κ3) is 4.28. The van der Waals surface area contributed by atoms with E-state index < -0.39 is 50.3 Å². The van der Waals surface area contributed by atoms with E-state index >= 15 is 0 Å². The molecule has 0 radical (unpaired) electrons. The van der Waals surface area contributed by atoms with Crippen LogP contribution in [0.4, 0.5) is 8.78 Å². The highest BCUT2D eigenvalue weighted by molar-refractivity contribution is 14.2. The Morgan fingerprint density at radius 3 is 2.74 bits per heavy atom. The average Bonchev–Trinajstić information content (AvgIpc) is 3.45. The van der Waals surface area contributed by atoms with E-state index in [9.17, 15) is 23.5 Å². The lowest BCUT2D eigenvalue weighted by Crippen LogP contribution is -2.42. The molecule has 0 saturated heterocycles. The molecule has 0 spiro atoms. The molecule has 3 N–H and O–H groups in total. The first kappa shape index (κ1) is 22.1. The van der Waals surface area contributed by atoms with Gasteiger partial charge in [-0.05, 0) is 57.1 Å². The van der Waals surface area contributed by atoms with Crippen molar-refractivity contribution in [2.24, 2.45) is 0 Å². The van der Waals surface area contributed by atoms with Gasteiger partial charge in [0.1, 0.15) is 23.1 Å². The van der Waals surface area contributed by atoms with E-state index in [1.54, 1.807) is 18.2 Å². The fourth-order valence-corrected chi connectivity index (χ4v) is 5.98. The summed E-state index contributed by atoms with van der Waals surface area (Å²) < 4.78 is 35.3. The molecule has 0 unspecified atom stereocenters. The van der Waals surface area contributed by atoms with Crippen molar-refractivity contribution in [3.8, 4) is 5.75 Å². The molecule has 0 aliphatic carbocycles. The molecule has 1 aromatic heterocycles. The van der Waals surface area contributed by atoms with Gasteiger partial charge in [0, 0.05) is 17.5 Å². The maximum atomic E-state index is 13.9. The van der Waals surface area contributed by atoms with Gasteiger partial charge in [-0.3, -0.25) is 4.79 Å². The van der Waals surface area contributed by atoms with E-state index in [4.69, 9.17) is 4.74 Å². The summed E-state index contributed by atoms with van der Waals surface area (Å²) >= 11 is -0.533. The molecule has 1 amide bonds. The average molecular weight is 575 g/mol. The number of aromatic nitrogens is 2. The molecule has 172 valence electrons. The lowest BCUT2D eigenvalue weighted by molar-refractivity contribution is -0.139. The minimum atomic E-state index is -1.34. The lowest BCUT2D eigenvalue weighted by atomic mass is 10.1. The summed E-state index contributed by atoms with van der Waals surface area (Å²) in [5, 5.41) is 12.1. The number of para-hydroxylation sites is 1. The number of carboxylic acid groups (broad SMARTS) is 1. The molecule has 1 atom stereocenters. The van der Waals surface area contributed by atoms with Crippen LogP contribution in [0.3, 0.4) is 0 Å². The van der Waals surface area contributed by atoms with Crippen LogP contribution in [0.25, 0.3) is 11.0 Å². The fraction of sp³-hybridized carbons (Fsp3) is 0.0833. The van der Waals surface area contributed by atoms with Gasteiger partial charge in [0.25, 0.3) is 5.91 Å². The predicted molar refractivity (Wildman–Crippen MR) is 129 cm³/mol. The number of aliphatic carboxylic acids is 1. The molecule has 34 heavy (non-hydrogen) atoms. The molecule has 2 heterocycles. The van der Waals surface area contributed by atoms with Crippen molar-refractivity contribution < 1.29 is 28.2 Å². The van der Waals surface area contributed by atoms with Crippen LogP contribution in [0.5, 0.6) is 5.75 Å². The summed E-state index contributed by atoms with van der Waals surface area (Å²) in [6.45, 7) is 0. The Balaban J connectivity index is 1.34. The zero-order valence-electron chi connectivity index (χ0n) is 17.3. The molecule has 3 aromatic carbocycles. The van der Waals surface area contributed by atoms with E-state index in [1.165, 1.54) is 6.07 Å². The predicted octanol–water partition coefficient (Wildman–Crippen LogP) is 3.98. The molecular formula is C24H16F2IN3O4. The van der Waals surface area contributed by atoms with Crippen molar-refractivity contribution in [2.45, 2.75) is 12.5 Å². The van der Waals surface area contributed by atoms with Crippen LogP contribution in [-0.4, -0.2) is 36.7 Å². The number of ether oxygens (including phenoxy) is 1. The number of carbonyl (C=O) groups is 2. The van der Waals surface area contributed by atoms with Crippen LogP contribution in [0.1, 0.15) is 21.7 Å². The molecule has 7 nitrogen and oxygen atoms in total. The highest BCUT2D eigenvalue weighted by Gasteiger charge is 2.24. The maximum absolute atomic E-state index is 13.9. The number of H-pyrrole nitrogens is 1. The van der Waals surface area contributed by atoms with E-state index in [0.29, 0.717) is 0 Å². The van der Waals surface area contributed by atoms with Crippen molar-refractivity contribution >= 4 is 47.3 Å². The van der Waals surface area contributed by atoms with Gasteiger partial charge in [-0.1, -0.05) is 24.3 Å². The number of carboxylic acids is 1. The first-order valence-corrected chi connectivity index (χ1v) is 12.3. The van der Waals surface area contributed by atoms with Gasteiger partial charge in [-0.25, -0.2) is 18.6 Å². The van der Waals surface area contributed by atoms with Crippen LogP contribution in [0.2, 0.25) is 0 Å². The van der Waals surface area contributed by atoms with Crippen molar-refractivity contribution in [2.75, 3.05) is 0 Å². The Kier molecular flexibility index (Phi) is 5.82. The zero-order chi connectivity index (χ0) is 23.8. The minimum absolute atomic E-state index is 0.110. The second-order valence-corrected chi connectivity index (χ2v) is 10.2. The largest absolute Gasteiger partial charge is 0.480 e. The van der Waals surface area contributed by atoms with Crippen molar-refractivity contribution in [3.63, 3.8) is 0 Å². The van der Waals surface area contributed by atoms with E-state index in [2.05, 4.69) is 15.3 Å². The number of nitrogens with one attached hydrogen (secondary N) is 2. The number of hydrogen-bond donors (Lipinski definition) is 3. The molecular weight excluding hydrogens is 559 g/mol. The third-order valence-electron chi connectivity index (χ3n) is 5.17. The zero-order valence-corrected chi connectivity index (χ0v) is 19.5. The summed E-state index contributed by atoms with van der Waals surface area (Å²) in [5.74, 6) is -3.12. The molecule has 5 rings (SSSR count). The van der Waals surface area contributed by atoms with Crippen LogP contribution < -0.4 is 10.1 Å². The van der Waals surface area contributed by atoms with Gasteiger partial charge in [-0.2, -0.15) is 0 Å². The van der Waals surface area contributed by atoms with E-state index in [0.717, 1.165) is 24.6 Å². The molecule has 0 saturated carbocycles. The molecule has 0 fully saturated rings. The summed E-state index contributed by atoms with van der Waals surface area (Å²) in [7, 11) is 0. The number of benzene rings is 3. The topological polar surface area (TPSA) is 104 Å². The molecule has 1 aliphatic heterocycles. The molecule has 4 aromatic rings. The van der Waals surface area contributed by atoms with Crippen LogP contribution in [0, 0.1) is 15.2 Å². The first-order valence-electron chi connectivity index (χ1n) is 10.1. The van der Waals surface area contributed by atoms with Crippen LogP contribution >= 0.6 is 20.7 Å². The van der Waals surface area contributed by atoms with Gasteiger partial charge in [0.05, 0.1) is 9.09 Å². The summed E-state index contributed by atoms with van der Waals surface area (Å²) in [6, 6.07) is 15.5.